The minimum absolute atomic E-state index is 0.493. The summed E-state index contributed by atoms with van der Waals surface area (Å²) in [7, 11) is -13.2. The summed E-state index contributed by atoms with van der Waals surface area (Å²) in [5.41, 5.74) is -10.1. The maximum atomic E-state index is 11.5. The average Bonchev–Trinajstić information content (AvgIpc) is 2.54. The molecule has 0 saturated carbocycles. The minimum atomic E-state index is -6.60. The standard InChI is InChI=1S/C12H11N.C2HF6NO4S2/c1-3-7-11(8-4-1)13-12-9-5-2-6-10-12;3-1(4,5)14(10,11)9-15(12,13)2(6,7)8/h1-10,13H;9H. The number of sulfonamides is 2. The molecular weight excluding hydrogens is 438 g/mol. The van der Waals surface area contributed by atoms with Crippen LogP contribution in [0.25, 0.3) is 0 Å². The highest BCUT2D eigenvalue weighted by Crippen LogP contribution is 2.27. The van der Waals surface area contributed by atoms with Gasteiger partial charge in [-0.2, -0.15) is 26.3 Å². The Morgan fingerprint density at radius 2 is 0.857 bits per heavy atom. The molecule has 0 aromatic heterocycles. The van der Waals surface area contributed by atoms with E-state index in [9.17, 15) is 43.2 Å². The summed E-state index contributed by atoms with van der Waals surface area (Å²) >= 11 is 0. The molecule has 28 heavy (non-hydrogen) atoms. The fraction of sp³-hybridized carbons (Fsp3) is 0.143. The van der Waals surface area contributed by atoms with Gasteiger partial charge in [-0.05, 0) is 24.3 Å². The maximum Gasteiger partial charge on any atom is 0.512 e. The second kappa shape index (κ2) is 8.79. The molecule has 2 aromatic carbocycles. The first kappa shape index (κ1) is 23.7. The van der Waals surface area contributed by atoms with Crippen LogP contribution in [-0.4, -0.2) is 27.9 Å². The van der Waals surface area contributed by atoms with Gasteiger partial charge in [0.05, 0.1) is 0 Å². The second-order valence-corrected chi connectivity index (χ2v) is 8.44. The van der Waals surface area contributed by atoms with Crippen LogP contribution < -0.4 is 9.44 Å². The van der Waals surface area contributed by atoms with Crippen LogP contribution in [0.5, 0.6) is 0 Å². The third-order valence-electron chi connectivity index (χ3n) is 2.67. The summed E-state index contributed by atoms with van der Waals surface area (Å²) in [6.45, 7) is 0. The molecule has 0 bridgehead atoms. The number of hydrogen-bond acceptors (Lipinski definition) is 5. The molecule has 0 unspecified atom stereocenters. The third kappa shape index (κ3) is 7.01. The zero-order valence-corrected chi connectivity index (χ0v) is 15.1. The van der Waals surface area contributed by atoms with Crippen LogP contribution >= 0.6 is 0 Å². The fourth-order valence-electron chi connectivity index (χ4n) is 1.45. The number of alkyl halides is 6. The second-order valence-electron chi connectivity index (χ2n) is 4.84. The average molecular weight is 450 g/mol. The number of anilines is 2. The van der Waals surface area contributed by atoms with Gasteiger partial charge in [-0.25, -0.2) is 16.8 Å². The van der Waals surface area contributed by atoms with E-state index in [1.807, 2.05) is 60.7 Å². The normalized spacial score (nSPS) is 12.6. The van der Waals surface area contributed by atoms with Crippen molar-refractivity contribution in [2.75, 3.05) is 5.32 Å². The van der Waals surface area contributed by atoms with Crippen LogP contribution in [0.15, 0.2) is 60.7 Å². The van der Waals surface area contributed by atoms with Crippen LogP contribution in [0.2, 0.25) is 0 Å². The smallest absolute Gasteiger partial charge is 0.356 e. The Balaban J connectivity index is 0.000000281. The van der Waals surface area contributed by atoms with Crippen molar-refractivity contribution < 1.29 is 43.2 Å². The number of nitrogens with one attached hydrogen (secondary N) is 2. The molecule has 6 nitrogen and oxygen atoms in total. The molecule has 2 aromatic rings. The molecule has 0 aliphatic heterocycles. The van der Waals surface area contributed by atoms with Crippen LogP contribution in [0.3, 0.4) is 0 Å². The van der Waals surface area contributed by atoms with Gasteiger partial charge >= 0.3 is 31.1 Å². The van der Waals surface area contributed by atoms with Crippen LogP contribution in [-0.2, 0) is 20.0 Å². The van der Waals surface area contributed by atoms with Crippen LogP contribution in [0, 0.1) is 0 Å². The molecular formula is C14H12F6N2O4S2. The monoisotopic (exact) mass is 450 g/mol. The lowest BCUT2D eigenvalue weighted by molar-refractivity contribution is -0.0476. The molecule has 0 radical (unpaired) electrons. The van der Waals surface area contributed by atoms with E-state index in [0.29, 0.717) is 0 Å². The van der Waals surface area contributed by atoms with Crippen molar-refractivity contribution in [1.29, 1.82) is 0 Å². The fourth-order valence-corrected chi connectivity index (χ4v) is 3.36. The summed E-state index contributed by atoms with van der Waals surface area (Å²) in [6.07, 6.45) is 0. The van der Waals surface area contributed by atoms with E-state index in [-0.39, 0.29) is 0 Å². The van der Waals surface area contributed by atoms with Gasteiger partial charge in [-0.1, -0.05) is 40.5 Å². The highest BCUT2D eigenvalue weighted by atomic mass is 32.3. The van der Waals surface area contributed by atoms with Gasteiger partial charge in [0.2, 0.25) is 0 Å². The number of benzene rings is 2. The number of hydrogen-bond donors (Lipinski definition) is 2. The minimum Gasteiger partial charge on any atom is -0.356 e. The summed E-state index contributed by atoms with van der Waals surface area (Å²) in [5, 5.41) is 3.30. The topological polar surface area (TPSA) is 92.3 Å². The van der Waals surface area contributed by atoms with Gasteiger partial charge in [-0.3, -0.25) is 0 Å². The first-order valence-electron chi connectivity index (χ1n) is 6.94. The summed E-state index contributed by atoms with van der Waals surface area (Å²) in [6, 6.07) is 20.3. The zero-order chi connectivity index (χ0) is 21.6. The van der Waals surface area contributed by atoms with Gasteiger partial charge in [-0.15, -0.1) is 0 Å². The summed E-state index contributed by atoms with van der Waals surface area (Å²) in [5.74, 6) is 0. The SMILES string of the molecule is O=S(=O)(NS(=O)(=O)C(F)(F)F)C(F)(F)F.c1ccc(Nc2ccccc2)cc1. The van der Waals surface area contributed by atoms with Crippen molar-refractivity contribution in [3.05, 3.63) is 60.7 Å². The Kier molecular flexibility index (Phi) is 7.45. The van der Waals surface area contributed by atoms with Gasteiger partial charge < -0.3 is 5.32 Å². The summed E-state index contributed by atoms with van der Waals surface area (Å²) < 4.78 is 108. The van der Waals surface area contributed by atoms with E-state index in [1.165, 1.54) is 0 Å². The van der Waals surface area contributed by atoms with Gasteiger partial charge in [0, 0.05) is 11.4 Å². The Hall–Kier alpha value is -2.32. The molecule has 0 heterocycles. The van der Waals surface area contributed by atoms with Gasteiger partial charge in [0.1, 0.15) is 0 Å². The van der Waals surface area contributed by atoms with E-state index in [1.54, 1.807) is 0 Å². The third-order valence-corrected chi connectivity index (χ3v) is 5.64. The largest absolute Gasteiger partial charge is 0.512 e. The molecule has 2 rings (SSSR count). The zero-order valence-electron chi connectivity index (χ0n) is 13.5. The highest BCUT2D eigenvalue weighted by Gasteiger charge is 2.55. The Labute approximate surface area is 156 Å². The first-order valence-corrected chi connectivity index (χ1v) is 9.90. The van der Waals surface area contributed by atoms with Gasteiger partial charge in [0.15, 0.2) is 0 Å². The number of halogens is 6. The Bertz CT molecular complexity index is 881. The van der Waals surface area contributed by atoms with E-state index < -0.39 is 35.2 Å². The van der Waals surface area contributed by atoms with E-state index in [2.05, 4.69) is 5.32 Å². The van der Waals surface area contributed by atoms with Gasteiger partial charge in [0.25, 0.3) is 0 Å². The predicted molar refractivity (Wildman–Crippen MR) is 89.3 cm³/mol. The Morgan fingerprint density at radius 1 is 0.571 bits per heavy atom. The number of para-hydroxylation sites is 2. The molecule has 14 heteroatoms. The molecule has 156 valence electrons. The lowest BCUT2D eigenvalue weighted by Gasteiger charge is -2.11. The molecule has 0 amide bonds. The number of rotatable bonds is 4. The maximum absolute atomic E-state index is 11.5. The molecule has 0 aliphatic rings. The van der Waals surface area contributed by atoms with Crippen molar-refractivity contribution >= 4 is 31.4 Å². The van der Waals surface area contributed by atoms with Crippen molar-refractivity contribution in [2.24, 2.45) is 0 Å². The van der Waals surface area contributed by atoms with Crippen molar-refractivity contribution in [2.45, 2.75) is 11.0 Å². The lowest BCUT2D eigenvalue weighted by atomic mass is 10.3. The van der Waals surface area contributed by atoms with Crippen molar-refractivity contribution in [1.82, 2.24) is 4.13 Å². The van der Waals surface area contributed by atoms with E-state index >= 15 is 0 Å². The van der Waals surface area contributed by atoms with E-state index in [0.717, 1.165) is 11.4 Å². The molecule has 0 fully saturated rings. The first-order chi connectivity index (χ1) is 12.7. The van der Waals surface area contributed by atoms with Crippen molar-refractivity contribution in [3.63, 3.8) is 0 Å². The molecule has 0 spiro atoms. The lowest BCUT2D eigenvalue weighted by Crippen LogP contribution is -2.45. The van der Waals surface area contributed by atoms with E-state index in [4.69, 9.17) is 0 Å². The highest BCUT2D eigenvalue weighted by molar-refractivity contribution is 8.05. The van der Waals surface area contributed by atoms with Crippen molar-refractivity contribution in [3.8, 4) is 0 Å². The van der Waals surface area contributed by atoms with Crippen LogP contribution in [0.4, 0.5) is 37.7 Å². The van der Waals surface area contributed by atoms with Crippen LogP contribution in [0.1, 0.15) is 0 Å². The molecule has 0 aliphatic carbocycles. The Morgan fingerprint density at radius 3 is 1.11 bits per heavy atom. The molecule has 0 atom stereocenters. The summed E-state index contributed by atoms with van der Waals surface area (Å²) in [4.78, 5) is 0. The predicted octanol–water partition coefficient (Wildman–Crippen LogP) is 3.71. The quantitative estimate of drug-likeness (QED) is 0.693. The molecule has 0 saturated heterocycles. The molecule has 2 N–H and O–H groups in total.